The van der Waals surface area contributed by atoms with Crippen molar-refractivity contribution in [3.05, 3.63) is 23.8 Å². The maximum Gasteiger partial charge on any atom is 0.227 e. The first-order valence-electron chi connectivity index (χ1n) is 5.21. The zero-order valence-corrected chi connectivity index (χ0v) is 9.50. The smallest absolute Gasteiger partial charge is 0.227 e. The molecular formula is C12H18N2O. The van der Waals surface area contributed by atoms with E-state index in [1.54, 1.807) is 0 Å². The Morgan fingerprint density at radius 3 is 2.73 bits per heavy atom. The molecule has 1 amide bonds. The first-order valence-corrected chi connectivity index (χ1v) is 5.21. The lowest BCUT2D eigenvalue weighted by Crippen LogP contribution is -2.19. The molecule has 1 aromatic carbocycles. The first-order chi connectivity index (χ1) is 7.04. The number of nitrogens with one attached hydrogen (secondary N) is 1. The van der Waals surface area contributed by atoms with Crippen molar-refractivity contribution in [3.8, 4) is 0 Å². The number of benzene rings is 1. The molecule has 0 saturated heterocycles. The van der Waals surface area contributed by atoms with Crippen LogP contribution in [0.15, 0.2) is 18.2 Å². The second-order valence-corrected chi connectivity index (χ2v) is 3.87. The number of nitrogen functional groups attached to an aromatic ring is 1. The highest BCUT2D eigenvalue weighted by Crippen LogP contribution is 2.17. The molecule has 1 rings (SSSR count). The topological polar surface area (TPSA) is 55.1 Å². The summed E-state index contributed by atoms with van der Waals surface area (Å²) >= 11 is 0. The van der Waals surface area contributed by atoms with E-state index in [0.717, 1.165) is 23.4 Å². The molecule has 0 aliphatic heterocycles. The summed E-state index contributed by atoms with van der Waals surface area (Å²) in [5, 5.41) is 2.87. The van der Waals surface area contributed by atoms with Crippen molar-refractivity contribution >= 4 is 17.3 Å². The lowest BCUT2D eigenvalue weighted by molar-refractivity contribution is -0.119. The van der Waals surface area contributed by atoms with Crippen molar-refractivity contribution in [1.29, 1.82) is 0 Å². The number of hydrogen-bond acceptors (Lipinski definition) is 2. The minimum atomic E-state index is 0.0443. The molecule has 1 unspecified atom stereocenters. The zero-order valence-electron chi connectivity index (χ0n) is 9.50. The van der Waals surface area contributed by atoms with Gasteiger partial charge in [0.05, 0.1) is 0 Å². The van der Waals surface area contributed by atoms with Crippen molar-refractivity contribution in [2.24, 2.45) is 5.92 Å². The van der Waals surface area contributed by atoms with Crippen LogP contribution in [0.3, 0.4) is 0 Å². The maximum absolute atomic E-state index is 11.6. The highest BCUT2D eigenvalue weighted by atomic mass is 16.1. The SMILES string of the molecule is CCC(C)C(=O)Nc1ccc(N)c(C)c1. The van der Waals surface area contributed by atoms with E-state index in [2.05, 4.69) is 5.32 Å². The summed E-state index contributed by atoms with van der Waals surface area (Å²) in [5.41, 5.74) is 8.23. The molecule has 1 aromatic rings. The Balaban J connectivity index is 2.73. The van der Waals surface area contributed by atoms with Gasteiger partial charge in [-0.15, -0.1) is 0 Å². The van der Waals surface area contributed by atoms with Crippen LogP contribution in [0.1, 0.15) is 25.8 Å². The number of hydrogen-bond donors (Lipinski definition) is 2. The average molecular weight is 206 g/mol. The number of anilines is 2. The molecule has 1 atom stereocenters. The summed E-state index contributed by atoms with van der Waals surface area (Å²) in [6.07, 6.45) is 0.847. The fourth-order valence-corrected chi connectivity index (χ4v) is 1.20. The van der Waals surface area contributed by atoms with Crippen LogP contribution in [-0.2, 0) is 4.79 Å². The minimum absolute atomic E-state index is 0.0443. The molecule has 3 N–H and O–H groups in total. The fraction of sp³-hybridized carbons (Fsp3) is 0.417. The lowest BCUT2D eigenvalue weighted by atomic mass is 10.1. The Hall–Kier alpha value is -1.51. The van der Waals surface area contributed by atoms with Crippen LogP contribution in [0.4, 0.5) is 11.4 Å². The van der Waals surface area contributed by atoms with Gasteiger partial charge in [0.2, 0.25) is 5.91 Å². The van der Waals surface area contributed by atoms with Gasteiger partial charge in [0.1, 0.15) is 0 Å². The summed E-state index contributed by atoms with van der Waals surface area (Å²) in [7, 11) is 0. The maximum atomic E-state index is 11.6. The van der Waals surface area contributed by atoms with Gasteiger partial charge in [-0.3, -0.25) is 4.79 Å². The summed E-state index contributed by atoms with van der Waals surface area (Å²) in [5.74, 6) is 0.101. The van der Waals surface area contributed by atoms with Crippen molar-refractivity contribution in [3.63, 3.8) is 0 Å². The highest BCUT2D eigenvalue weighted by molar-refractivity contribution is 5.92. The van der Waals surface area contributed by atoms with E-state index in [1.807, 2.05) is 39.0 Å². The van der Waals surface area contributed by atoms with Crippen LogP contribution in [0.25, 0.3) is 0 Å². The third-order valence-electron chi connectivity index (χ3n) is 2.60. The van der Waals surface area contributed by atoms with Gasteiger partial charge < -0.3 is 11.1 Å². The summed E-state index contributed by atoms with van der Waals surface area (Å²) in [6, 6.07) is 5.51. The molecule has 15 heavy (non-hydrogen) atoms. The molecule has 0 spiro atoms. The number of aryl methyl sites for hydroxylation is 1. The van der Waals surface area contributed by atoms with Gasteiger partial charge >= 0.3 is 0 Å². The van der Waals surface area contributed by atoms with Crippen LogP contribution in [0.5, 0.6) is 0 Å². The molecule has 0 bridgehead atoms. The van der Waals surface area contributed by atoms with Crippen molar-refractivity contribution in [2.75, 3.05) is 11.1 Å². The van der Waals surface area contributed by atoms with Gasteiger partial charge in [-0.2, -0.15) is 0 Å². The van der Waals surface area contributed by atoms with Crippen molar-refractivity contribution in [1.82, 2.24) is 0 Å². The number of carbonyl (C=O) groups is 1. The molecule has 0 heterocycles. The summed E-state index contributed by atoms with van der Waals surface area (Å²) in [4.78, 5) is 11.6. The Labute approximate surface area is 90.7 Å². The lowest BCUT2D eigenvalue weighted by Gasteiger charge is -2.11. The second kappa shape index (κ2) is 4.82. The van der Waals surface area contributed by atoms with E-state index in [0.29, 0.717) is 0 Å². The van der Waals surface area contributed by atoms with Gasteiger partial charge in [-0.1, -0.05) is 13.8 Å². The third kappa shape index (κ3) is 2.98. The van der Waals surface area contributed by atoms with Gasteiger partial charge in [0, 0.05) is 17.3 Å². The van der Waals surface area contributed by atoms with E-state index in [1.165, 1.54) is 0 Å². The molecule has 0 aromatic heterocycles. The van der Waals surface area contributed by atoms with E-state index in [9.17, 15) is 4.79 Å². The number of rotatable bonds is 3. The molecule has 0 fully saturated rings. The van der Waals surface area contributed by atoms with Crippen LogP contribution in [-0.4, -0.2) is 5.91 Å². The number of carbonyl (C=O) groups excluding carboxylic acids is 1. The van der Waals surface area contributed by atoms with Crippen LogP contribution < -0.4 is 11.1 Å². The predicted molar refractivity (Wildman–Crippen MR) is 63.7 cm³/mol. The largest absolute Gasteiger partial charge is 0.399 e. The minimum Gasteiger partial charge on any atom is -0.399 e. The van der Waals surface area contributed by atoms with Gasteiger partial charge in [0.25, 0.3) is 0 Å². The first kappa shape index (κ1) is 11.6. The molecule has 0 aliphatic rings. The molecule has 0 saturated carbocycles. The monoisotopic (exact) mass is 206 g/mol. The Kier molecular flexibility index (Phi) is 3.72. The van der Waals surface area contributed by atoms with Gasteiger partial charge in [-0.05, 0) is 37.1 Å². The van der Waals surface area contributed by atoms with Crippen molar-refractivity contribution < 1.29 is 4.79 Å². The fourth-order valence-electron chi connectivity index (χ4n) is 1.20. The Morgan fingerprint density at radius 1 is 1.53 bits per heavy atom. The van der Waals surface area contributed by atoms with Gasteiger partial charge in [-0.25, -0.2) is 0 Å². The molecular weight excluding hydrogens is 188 g/mol. The van der Waals surface area contributed by atoms with Crippen LogP contribution >= 0.6 is 0 Å². The van der Waals surface area contributed by atoms with Crippen LogP contribution in [0, 0.1) is 12.8 Å². The molecule has 0 aliphatic carbocycles. The summed E-state index contributed by atoms with van der Waals surface area (Å²) < 4.78 is 0. The second-order valence-electron chi connectivity index (χ2n) is 3.87. The Bertz CT molecular complexity index is 361. The third-order valence-corrected chi connectivity index (χ3v) is 2.60. The van der Waals surface area contributed by atoms with Crippen molar-refractivity contribution in [2.45, 2.75) is 27.2 Å². The zero-order chi connectivity index (χ0) is 11.4. The number of amides is 1. The molecule has 82 valence electrons. The van der Waals surface area contributed by atoms with Gasteiger partial charge in [0.15, 0.2) is 0 Å². The molecule has 3 nitrogen and oxygen atoms in total. The van der Waals surface area contributed by atoms with E-state index in [4.69, 9.17) is 5.73 Å². The average Bonchev–Trinajstić information content (AvgIpc) is 2.22. The molecule has 0 radical (unpaired) electrons. The quantitative estimate of drug-likeness (QED) is 0.747. The molecule has 3 heteroatoms. The Morgan fingerprint density at radius 2 is 2.20 bits per heavy atom. The number of nitrogens with two attached hydrogens (primary N) is 1. The predicted octanol–water partition coefficient (Wildman–Crippen LogP) is 2.56. The standard InChI is InChI=1S/C12H18N2O/c1-4-8(2)12(15)14-10-5-6-11(13)9(3)7-10/h5-8H,4,13H2,1-3H3,(H,14,15). The highest BCUT2D eigenvalue weighted by Gasteiger charge is 2.10. The van der Waals surface area contributed by atoms with E-state index >= 15 is 0 Å². The normalized spacial score (nSPS) is 12.2. The van der Waals surface area contributed by atoms with Crippen LogP contribution in [0.2, 0.25) is 0 Å². The van der Waals surface area contributed by atoms with E-state index < -0.39 is 0 Å². The summed E-state index contributed by atoms with van der Waals surface area (Å²) in [6.45, 7) is 5.84. The van der Waals surface area contributed by atoms with E-state index in [-0.39, 0.29) is 11.8 Å².